The second-order valence-corrected chi connectivity index (χ2v) is 10.7. The molecule has 1 atom stereocenters. The molecule has 3 aromatic rings. The summed E-state index contributed by atoms with van der Waals surface area (Å²) in [4.78, 5) is 18.8. The van der Waals surface area contributed by atoms with E-state index >= 15 is 0 Å². The first kappa shape index (κ1) is 23.2. The molecule has 0 bridgehead atoms. The number of hydrogen-bond acceptors (Lipinski definition) is 8. The first-order chi connectivity index (χ1) is 16.5. The number of aliphatic hydroxyl groups is 1. The topological polar surface area (TPSA) is 77.4 Å². The summed E-state index contributed by atoms with van der Waals surface area (Å²) in [6.07, 6.45) is 7.49. The Bertz CT molecular complexity index is 1150. The summed E-state index contributed by atoms with van der Waals surface area (Å²) in [7, 11) is 0. The Morgan fingerprint density at radius 2 is 2.00 bits per heavy atom. The number of aromatic nitrogens is 3. The van der Waals surface area contributed by atoms with Crippen molar-refractivity contribution in [1.29, 1.82) is 0 Å². The van der Waals surface area contributed by atoms with Gasteiger partial charge in [-0.25, -0.2) is 15.0 Å². The molecule has 7 nitrogen and oxygen atoms in total. The predicted molar refractivity (Wildman–Crippen MR) is 143 cm³/mol. The minimum atomic E-state index is -0.290. The van der Waals surface area contributed by atoms with Crippen molar-refractivity contribution in [2.45, 2.75) is 38.7 Å². The SMILES string of the molecule is CSCC1CN(c2ccc(C(C)C)c3nc(Nc4ccnc(N5CCCC(O)C5)c4)ncc23)C1. The quantitative estimate of drug-likeness (QED) is 0.508. The predicted octanol–water partition coefficient (Wildman–Crippen LogP) is 4.65. The molecule has 2 aliphatic rings. The number of aliphatic hydroxyl groups excluding tert-OH is 1. The van der Waals surface area contributed by atoms with Crippen LogP contribution in [0.15, 0.2) is 36.7 Å². The molecule has 0 aliphatic carbocycles. The molecule has 34 heavy (non-hydrogen) atoms. The van der Waals surface area contributed by atoms with E-state index in [4.69, 9.17) is 4.98 Å². The fourth-order valence-electron chi connectivity index (χ4n) is 5.00. The Labute approximate surface area is 206 Å². The number of benzene rings is 1. The van der Waals surface area contributed by atoms with Gasteiger partial charge in [-0.1, -0.05) is 19.9 Å². The van der Waals surface area contributed by atoms with Gasteiger partial charge in [-0.2, -0.15) is 11.8 Å². The van der Waals surface area contributed by atoms with Crippen LogP contribution in [-0.2, 0) is 0 Å². The molecule has 2 N–H and O–H groups in total. The van der Waals surface area contributed by atoms with Gasteiger partial charge in [0.25, 0.3) is 0 Å². The molecule has 5 rings (SSSR count). The smallest absolute Gasteiger partial charge is 0.227 e. The first-order valence-electron chi connectivity index (χ1n) is 12.2. The van der Waals surface area contributed by atoms with Crippen molar-refractivity contribution in [2.75, 3.05) is 53.3 Å². The molecule has 0 spiro atoms. The van der Waals surface area contributed by atoms with Gasteiger partial charge in [0, 0.05) is 67.3 Å². The molecule has 8 heteroatoms. The standard InChI is InChI=1S/C26H34N6OS/c1-17(2)21-6-7-23(32-13-18(14-32)16-34-3)22-12-28-26(30-25(21)22)29-19-8-9-27-24(11-19)31-10-4-5-20(33)15-31/h6-9,11-12,17-18,20,33H,4-5,10,13-16H2,1-3H3,(H,27,28,29,30). The molecule has 2 saturated heterocycles. The van der Waals surface area contributed by atoms with Crippen LogP contribution in [0.25, 0.3) is 10.9 Å². The fraction of sp³-hybridized carbons (Fsp3) is 0.500. The Morgan fingerprint density at radius 1 is 1.15 bits per heavy atom. The normalized spacial score (nSPS) is 19.0. The van der Waals surface area contributed by atoms with E-state index in [1.807, 2.05) is 30.1 Å². The minimum Gasteiger partial charge on any atom is -0.391 e. The van der Waals surface area contributed by atoms with Crippen LogP contribution in [0.4, 0.5) is 23.1 Å². The van der Waals surface area contributed by atoms with Crippen LogP contribution in [-0.4, -0.2) is 64.4 Å². The fourth-order valence-corrected chi connectivity index (χ4v) is 5.68. The van der Waals surface area contributed by atoms with Crippen molar-refractivity contribution >= 4 is 45.8 Å². The van der Waals surface area contributed by atoms with Gasteiger partial charge in [-0.05, 0) is 48.5 Å². The third-order valence-electron chi connectivity index (χ3n) is 6.80. The molecule has 2 aromatic heterocycles. The number of thioether (sulfide) groups is 1. The van der Waals surface area contributed by atoms with Crippen LogP contribution >= 0.6 is 11.8 Å². The molecular formula is C26H34N6OS. The van der Waals surface area contributed by atoms with Crippen molar-refractivity contribution in [1.82, 2.24) is 15.0 Å². The molecule has 2 fully saturated rings. The van der Waals surface area contributed by atoms with Gasteiger partial charge >= 0.3 is 0 Å². The maximum Gasteiger partial charge on any atom is 0.227 e. The van der Waals surface area contributed by atoms with Gasteiger partial charge in [-0.3, -0.25) is 0 Å². The zero-order valence-corrected chi connectivity index (χ0v) is 21.1. The average molecular weight is 479 g/mol. The number of β-amino-alcohol motifs (C(OH)–C–C–N with tert-alkyl or cyclic N) is 1. The van der Waals surface area contributed by atoms with Crippen LogP contribution in [0.5, 0.6) is 0 Å². The molecule has 0 amide bonds. The average Bonchev–Trinajstić information content (AvgIpc) is 2.80. The molecule has 0 saturated carbocycles. The van der Waals surface area contributed by atoms with E-state index < -0.39 is 0 Å². The van der Waals surface area contributed by atoms with Crippen molar-refractivity contribution in [3.8, 4) is 0 Å². The molecule has 180 valence electrons. The zero-order chi connectivity index (χ0) is 23.7. The van der Waals surface area contributed by atoms with E-state index in [0.29, 0.717) is 18.4 Å². The molecule has 0 radical (unpaired) electrons. The number of anilines is 4. The highest BCUT2D eigenvalue weighted by atomic mass is 32.2. The molecular weight excluding hydrogens is 444 g/mol. The van der Waals surface area contributed by atoms with Crippen LogP contribution < -0.4 is 15.1 Å². The largest absolute Gasteiger partial charge is 0.391 e. The number of rotatable bonds is 7. The molecule has 1 aromatic carbocycles. The van der Waals surface area contributed by atoms with E-state index in [9.17, 15) is 5.11 Å². The summed E-state index contributed by atoms with van der Waals surface area (Å²) in [5.41, 5.74) is 4.39. The zero-order valence-electron chi connectivity index (χ0n) is 20.2. The van der Waals surface area contributed by atoms with Crippen molar-refractivity contribution in [3.63, 3.8) is 0 Å². The monoisotopic (exact) mass is 478 g/mol. The lowest BCUT2D eigenvalue weighted by atomic mass is 9.96. The summed E-state index contributed by atoms with van der Waals surface area (Å²) in [5, 5.41) is 14.5. The van der Waals surface area contributed by atoms with Crippen molar-refractivity contribution in [3.05, 3.63) is 42.2 Å². The van der Waals surface area contributed by atoms with Gasteiger partial charge in [0.05, 0.1) is 11.6 Å². The van der Waals surface area contributed by atoms with E-state index in [1.165, 1.54) is 17.0 Å². The highest BCUT2D eigenvalue weighted by Crippen LogP contribution is 2.36. The molecule has 1 unspecified atom stereocenters. The van der Waals surface area contributed by atoms with E-state index in [-0.39, 0.29) is 6.10 Å². The van der Waals surface area contributed by atoms with Gasteiger partial charge in [0.1, 0.15) is 5.82 Å². The summed E-state index contributed by atoms with van der Waals surface area (Å²) in [6.45, 7) is 8.16. The Hall–Kier alpha value is -2.58. The Morgan fingerprint density at radius 3 is 2.76 bits per heavy atom. The van der Waals surface area contributed by atoms with Crippen molar-refractivity contribution in [2.24, 2.45) is 5.92 Å². The lowest BCUT2D eigenvalue weighted by Gasteiger charge is -2.41. The lowest BCUT2D eigenvalue weighted by Crippen LogP contribution is -2.48. The van der Waals surface area contributed by atoms with Gasteiger partial charge in [-0.15, -0.1) is 0 Å². The van der Waals surface area contributed by atoms with Gasteiger partial charge < -0.3 is 20.2 Å². The van der Waals surface area contributed by atoms with E-state index in [0.717, 1.165) is 60.8 Å². The summed E-state index contributed by atoms with van der Waals surface area (Å²) >= 11 is 1.93. The lowest BCUT2D eigenvalue weighted by molar-refractivity contribution is 0.154. The van der Waals surface area contributed by atoms with E-state index in [1.54, 1.807) is 6.20 Å². The number of hydrogen-bond donors (Lipinski definition) is 2. The Kier molecular flexibility index (Phi) is 6.79. The van der Waals surface area contributed by atoms with Crippen LogP contribution in [0.1, 0.15) is 38.2 Å². The number of pyridine rings is 1. The van der Waals surface area contributed by atoms with Crippen LogP contribution in [0, 0.1) is 5.92 Å². The maximum absolute atomic E-state index is 10.0. The van der Waals surface area contributed by atoms with Gasteiger partial charge in [0.2, 0.25) is 5.95 Å². The van der Waals surface area contributed by atoms with Crippen LogP contribution in [0.3, 0.4) is 0 Å². The summed E-state index contributed by atoms with van der Waals surface area (Å²) < 4.78 is 0. The van der Waals surface area contributed by atoms with Gasteiger partial charge in [0.15, 0.2) is 0 Å². The minimum absolute atomic E-state index is 0.290. The number of piperidine rings is 1. The van der Waals surface area contributed by atoms with Crippen molar-refractivity contribution < 1.29 is 5.11 Å². The summed E-state index contributed by atoms with van der Waals surface area (Å²) in [5.74, 6) is 3.81. The second kappa shape index (κ2) is 9.96. The third kappa shape index (κ3) is 4.79. The highest BCUT2D eigenvalue weighted by Gasteiger charge is 2.28. The Balaban J connectivity index is 1.41. The molecule has 2 aliphatic heterocycles. The second-order valence-electron chi connectivity index (χ2n) is 9.78. The van der Waals surface area contributed by atoms with E-state index in [2.05, 4.69) is 57.3 Å². The number of fused-ring (bicyclic) bond motifs is 1. The third-order valence-corrected chi connectivity index (χ3v) is 7.61. The molecule has 4 heterocycles. The first-order valence-corrected chi connectivity index (χ1v) is 13.6. The number of nitrogens with zero attached hydrogens (tertiary/aromatic N) is 5. The number of nitrogens with one attached hydrogen (secondary N) is 1. The summed E-state index contributed by atoms with van der Waals surface area (Å²) in [6, 6.07) is 8.42. The maximum atomic E-state index is 10.0. The highest BCUT2D eigenvalue weighted by molar-refractivity contribution is 7.98. The van der Waals surface area contributed by atoms with Crippen LogP contribution in [0.2, 0.25) is 0 Å².